The molecular weight excluding hydrogens is 424 g/mol. The van der Waals surface area contributed by atoms with Crippen LogP contribution >= 0.6 is 23.4 Å². The van der Waals surface area contributed by atoms with E-state index < -0.39 is 0 Å². The third-order valence-corrected chi connectivity index (χ3v) is 6.77. The number of hydrogen-bond donors (Lipinski definition) is 0. The van der Waals surface area contributed by atoms with Crippen molar-refractivity contribution in [3.63, 3.8) is 0 Å². The van der Waals surface area contributed by atoms with Crippen LogP contribution in [0.2, 0.25) is 5.02 Å². The van der Waals surface area contributed by atoms with Gasteiger partial charge in [0.05, 0.1) is 12.8 Å². The molecule has 0 radical (unpaired) electrons. The van der Waals surface area contributed by atoms with E-state index in [9.17, 15) is 0 Å². The first kappa shape index (κ1) is 21.8. The molecule has 160 valence electrons. The minimum atomic E-state index is 0.767. The number of ether oxygens (including phenoxy) is 1. The van der Waals surface area contributed by atoms with Crippen molar-refractivity contribution in [3.8, 4) is 5.75 Å². The standard InChI is InChI=1S/C26H27ClN2OS/c1-30-25-10-4-3-9-24(25)29-19-17-28(18-20-29)16-6-8-21-7-2-5-11-26(21)31-23-14-12-22(27)13-15-23/h2-15H,16-20H2,1H3/b8-6+. The Morgan fingerprint density at radius 3 is 2.39 bits per heavy atom. The Labute approximate surface area is 194 Å². The van der Waals surface area contributed by atoms with Gasteiger partial charge in [-0.1, -0.05) is 65.8 Å². The zero-order chi connectivity index (χ0) is 21.5. The smallest absolute Gasteiger partial charge is 0.142 e. The zero-order valence-electron chi connectivity index (χ0n) is 17.7. The molecule has 3 aromatic carbocycles. The monoisotopic (exact) mass is 450 g/mol. The molecule has 0 N–H and O–H groups in total. The maximum Gasteiger partial charge on any atom is 0.142 e. The molecule has 0 aromatic heterocycles. The molecule has 1 aliphatic heterocycles. The second-order valence-electron chi connectivity index (χ2n) is 7.46. The van der Waals surface area contributed by atoms with Crippen molar-refractivity contribution < 1.29 is 4.74 Å². The fraction of sp³-hybridized carbons (Fsp3) is 0.231. The summed E-state index contributed by atoms with van der Waals surface area (Å²) in [5.41, 5.74) is 2.43. The highest BCUT2D eigenvalue weighted by atomic mass is 35.5. The van der Waals surface area contributed by atoms with E-state index in [0.29, 0.717) is 0 Å². The summed E-state index contributed by atoms with van der Waals surface area (Å²) in [6, 6.07) is 24.8. The molecule has 0 atom stereocenters. The van der Waals surface area contributed by atoms with Gasteiger partial charge in [0.1, 0.15) is 5.75 Å². The molecule has 5 heteroatoms. The van der Waals surface area contributed by atoms with Crippen LogP contribution < -0.4 is 9.64 Å². The van der Waals surface area contributed by atoms with Gasteiger partial charge in [-0.05, 0) is 48.0 Å². The molecule has 0 unspecified atom stereocenters. The number of rotatable bonds is 7. The van der Waals surface area contributed by atoms with Gasteiger partial charge >= 0.3 is 0 Å². The lowest BCUT2D eigenvalue weighted by Crippen LogP contribution is -2.46. The summed E-state index contributed by atoms with van der Waals surface area (Å²) >= 11 is 7.78. The molecule has 0 spiro atoms. The summed E-state index contributed by atoms with van der Waals surface area (Å²) in [7, 11) is 1.74. The highest BCUT2D eigenvalue weighted by Gasteiger charge is 2.18. The fourth-order valence-electron chi connectivity index (χ4n) is 3.73. The molecule has 1 saturated heterocycles. The van der Waals surface area contributed by atoms with Crippen LogP contribution in [0.5, 0.6) is 5.75 Å². The molecule has 0 amide bonds. The van der Waals surface area contributed by atoms with Crippen molar-refractivity contribution in [1.29, 1.82) is 0 Å². The number of anilines is 1. The van der Waals surface area contributed by atoms with E-state index in [-0.39, 0.29) is 0 Å². The van der Waals surface area contributed by atoms with E-state index in [4.69, 9.17) is 16.3 Å². The zero-order valence-corrected chi connectivity index (χ0v) is 19.3. The number of hydrogen-bond acceptors (Lipinski definition) is 4. The van der Waals surface area contributed by atoms with Gasteiger partial charge in [0, 0.05) is 47.5 Å². The molecular formula is C26H27ClN2OS. The van der Waals surface area contributed by atoms with E-state index in [2.05, 4.69) is 70.5 Å². The Kier molecular flexibility index (Phi) is 7.57. The van der Waals surface area contributed by atoms with Gasteiger partial charge in [-0.3, -0.25) is 4.90 Å². The van der Waals surface area contributed by atoms with Crippen molar-refractivity contribution in [3.05, 3.63) is 89.5 Å². The Balaban J connectivity index is 1.33. The summed E-state index contributed by atoms with van der Waals surface area (Å²) in [6.45, 7) is 5.07. The molecule has 3 aromatic rings. The topological polar surface area (TPSA) is 15.7 Å². The molecule has 4 rings (SSSR count). The van der Waals surface area contributed by atoms with Crippen LogP contribution in [-0.4, -0.2) is 44.7 Å². The largest absolute Gasteiger partial charge is 0.495 e. The second-order valence-corrected chi connectivity index (χ2v) is 9.01. The highest BCUT2D eigenvalue weighted by Crippen LogP contribution is 2.32. The average molecular weight is 451 g/mol. The SMILES string of the molecule is COc1ccccc1N1CCN(C/C=C/c2ccccc2Sc2ccc(Cl)cc2)CC1. The van der Waals surface area contributed by atoms with Gasteiger partial charge in [0.25, 0.3) is 0 Å². The maximum absolute atomic E-state index is 6.01. The number of piperazine rings is 1. The first-order valence-electron chi connectivity index (χ1n) is 10.5. The van der Waals surface area contributed by atoms with Gasteiger partial charge in [0.15, 0.2) is 0 Å². The predicted octanol–water partition coefficient (Wildman–Crippen LogP) is 6.34. The van der Waals surface area contributed by atoms with Crippen LogP contribution in [0.25, 0.3) is 6.08 Å². The summed E-state index contributed by atoms with van der Waals surface area (Å²) in [4.78, 5) is 7.36. The lowest BCUT2D eigenvalue weighted by atomic mass is 10.2. The molecule has 1 aliphatic rings. The highest BCUT2D eigenvalue weighted by molar-refractivity contribution is 7.99. The first-order valence-corrected chi connectivity index (χ1v) is 11.7. The van der Waals surface area contributed by atoms with Crippen LogP contribution in [0.4, 0.5) is 5.69 Å². The Bertz CT molecular complexity index is 1010. The van der Waals surface area contributed by atoms with E-state index >= 15 is 0 Å². The van der Waals surface area contributed by atoms with Crippen LogP contribution in [0.1, 0.15) is 5.56 Å². The Hall–Kier alpha value is -2.40. The van der Waals surface area contributed by atoms with Crippen LogP contribution in [0.15, 0.2) is 88.7 Å². The van der Waals surface area contributed by atoms with Crippen molar-refractivity contribution in [1.82, 2.24) is 4.90 Å². The molecule has 0 saturated carbocycles. The minimum absolute atomic E-state index is 0.767. The fourth-order valence-corrected chi connectivity index (χ4v) is 4.78. The van der Waals surface area contributed by atoms with Crippen molar-refractivity contribution in [2.45, 2.75) is 9.79 Å². The van der Waals surface area contributed by atoms with Gasteiger partial charge in [0.2, 0.25) is 0 Å². The molecule has 0 aliphatic carbocycles. The molecule has 1 fully saturated rings. The quantitative estimate of drug-likeness (QED) is 0.417. The van der Waals surface area contributed by atoms with E-state index in [1.54, 1.807) is 18.9 Å². The van der Waals surface area contributed by atoms with Crippen LogP contribution in [-0.2, 0) is 0 Å². The van der Waals surface area contributed by atoms with E-state index in [1.807, 2.05) is 24.3 Å². The first-order chi connectivity index (χ1) is 15.2. The Morgan fingerprint density at radius 1 is 0.903 bits per heavy atom. The number of nitrogens with zero attached hydrogens (tertiary/aromatic N) is 2. The average Bonchev–Trinajstić information content (AvgIpc) is 2.82. The van der Waals surface area contributed by atoms with Gasteiger partial charge in [-0.15, -0.1) is 0 Å². The van der Waals surface area contributed by atoms with Crippen molar-refractivity contribution >= 4 is 35.1 Å². The van der Waals surface area contributed by atoms with Gasteiger partial charge in [-0.2, -0.15) is 0 Å². The van der Waals surface area contributed by atoms with Crippen molar-refractivity contribution in [2.24, 2.45) is 0 Å². The summed E-state index contributed by atoms with van der Waals surface area (Å²) in [5, 5.41) is 0.767. The van der Waals surface area contributed by atoms with E-state index in [1.165, 1.54) is 21.0 Å². The normalized spacial score (nSPS) is 14.8. The number of halogens is 1. The lowest BCUT2D eigenvalue weighted by Gasteiger charge is -2.36. The molecule has 31 heavy (non-hydrogen) atoms. The van der Waals surface area contributed by atoms with E-state index in [0.717, 1.165) is 43.5 Å². The van der Waals surface area contributed by atoms with Gasteiger partial charge < -0.3 is 9.64 Å². The van der Waals surface area contributed by atoms with Crippen molar-refractivity contribution in [2.75, 3.05) is 44.7 Å². The van der Waals surface area contributed by atoms with Gasteiger partial charge in [-0.25, -0.2) is 0 Å². The maximum atomic E-state index is 6.01. The summed E-state index contributed by atoms with van der Waals surface area (Å²) < 4.78 is 5.52. The molecule has 1 heterocycles. The Morgan fingerprint density at radius 2 is 1.61 bits per heavy atom. The predicted molar refractivity (Wildman–Crippen MR) is 133 cm³/mol. The second kappa shape index (κ2) is 10.8. The number of methoxy groups -OCH3 is 1. The van der Waals surface area contributed by atoms with Crippen LogP contribution in [0, 0.1) is 0 Å². The third-order valence-electron chi connectivity index (χ3n) is 5.42. The van der Waals surface area contributed by atoms with Crippen LogP contribution in [0.3, 0.4) is 0 Å². The minimum Gasteiger partial charge on any atom is -0.495 e. The third kappa shape index (κ3) is 5.85. The number of benzene rings is 3. The lowest BCUT2D eigenvalue weighted by molar-refractivity contribution is 0.283. The summed E-state index contributed by atoms with van der Waals surface area (Å²) in [6.07, 6.45) is 4.52. The number of para-hydroxylation sites is 2. The summed E-state index contributed by atoms with van der Waals surface area (Å²) in [5.74, 6) is 0.950. The molecule has 3 nitrogen and oxygen atoms in total. The molecule has 0 bridgehead atoms.